The van der Waals surface area contributed by atoms with Crippen LogP contribution in [0.5, 0.6) is 0 Å². The third-order valence-electron chi connectivity index (χ3n) is 5.98. The number of hydrogen-bond donors (Lipinski definition) is 0. The fraction of sp³-hybridized carbons (Fsp3) is 0.875. The van der Waals surface area contributed by atoms with E-state index in [1.54, 1.807) is 0 Å². The lowest BCUT2D eigenvalue weighted by Gasteiger charge is -2.49. The van der Waals surface area contributed by atoms with Gasteiger partial charge in [0.25, 0.3) is 0 Å². The van der Waals surface area contributed by atoms with Crippen LogP contribution in [0.4, 0.5) is 0 Å². The van der Waals surface area contributed by atoms with E-state index in [1.807, 2.05) is 4.90 Å². The maximum Gasteiger partial charge on any atom is 0.245 e. The molecule has 5 heteroatoms. The summed E-state index contributed by atoms with van der Waals surface area (Å²) in [6.07, 6.45) is 5.95. The lowest BCUT2D eigenvalue weighted by Crippen LogP contribution is -2.60. The van der Waals surface area contributed by atoms with Crippen molar-refractivity contribution in [2.24, 2.45) is 5.92 Å². The maximum atomic E-state index is 13.0. The van der Waals surface area contributed by atoms with Crippen molar-refractivity contribution >= 4 is 11.8 Å². The van der Waals surface area contributed by atoms with Crippen LogP contribution in [0.3, 0.4) is 0 Å². The minimum absolute atomic E-state index is 0.163. The lowest BCUT2D eigenvalue weighted by molar-refractivity contribution is -0.146. The molecule has 5 rings (SSSR count). The number of hydrogen-bond acceptors (Lipinski definition) is 3. The highest BCUT2D eigenvalue weighted by molar-refractivity contribution is 5.90. The second-order valence-corrected chi connectivity index (χ2v) is 7.09. The quantitative estimate of drug-likeness (QED) is 0.714. The highest BCUT2D eigenvalue weighted by Gasteiger charge is 2.44. The summed E-state index contributed by atoms with van der Waals surface area (Å²) in [5.74, 6) is 1.08. The van der Waals surface area contributed by atoms with Gasteiger partial charge in [-0.15, -0.1) is 0 Å². The SMILES string of the molecule is O=C1CCN(C2CN3CCC2CC3)C(=O)C2CCCCN12. The van der Waals surface area contributed by atoms with Crippen LogP contribution >= 0.6 is 0 Å². The summed E-state index contributed by atoms with van der Waals surface area (Å²) >= 11 is 0. The molecule has 5 nitrogen and oxygen atoms in total. The zero-order valence-corrected chi connectivity index (χ0v) is 12.7. The van der Waals surface area contributed by atoms with Crippen LogP contribution in [0.15, 0.2) is 0 Å². The van der Waals surface area contributed by atoms with E-state index in [9.17, 15) is 9.59 Å². The van der Waals surface area contributed by atoms with Gasteiger partial charge in [0, 0.05) is 32.1 Å². The molecule has 5 aliphatic heterocycles. The number of piperidine rings is 4. The molecule has 0 N–H and O–H groups in total. The number of nitrogens with zero attached hydrogens (tertiary/aromatic N) is 3. The first-order chi connectivity index (χ1) is 10.2. The average Bonchev–Trinajstić information content (AvgIpc) is 2.67. The van der Waals surface area contributed by atoms with Gasteiger partial charge in [-0.2, -0.15) is 0 Å². The van der Waals surface area contributed by atoms with Crippen LogP contribution < -0.4 is 0 Å². The van der Waals surface area contributed by atoms with Crippen molar-refractivity contribution in [2.75, 3.05) is 32.7 Å². The van der Waals surface area contributed by atoms with E-state index >= 15 is 0 Å². The standard InChI is InChI=1S/C16H25N3O2/c20-15-6-10-19(14-11-17-8-4-12(14)5-9-17)16(21)13-3-1-2-7-18(13)15/h12-14H,1-11H2. The zero-order chi connectivity index (χ0) is 14.4. The molecule has 2 unspecified atom stereocenters. The maximum absolute atomic E-state index is 13.0. The van der Waals surface area contributed by atoms with Crippen molar-refractivity contribution in [3.8, 4) is 0 Å². The Labute approximate surface area is 126 Å². The summed E-state index contributed by atoms with van der Waals surface area (Å²) in [5.41, 5.74) is 0. The van der Waals surface area contributed by atoms with Gasteiger partial charge in [-0.3, -0.25) is 9.59 Å². The molecule has 5 saturated heterocycles. The Morgan fingerprint density at radius 2 is 1.67 bits per heavy atom. The van der Waals surface area contributed by atoms with Crippen molar-refractivity contribution in [1.29, 1.82) is 0 Å². The Hall–Kier alpha value is -1.10. The van der Waals surface area contributed by atoms with E-state index in [2.05, 4.69) is 9.80 Å². The van der Waals surface area contributed by atoms with Gasteiger partial charge in [0.05, 0.1) is 0 Å². The molecule has 116 valence electrons. The molecule has 21 heavy (non-hydrogen) atoms. The molecule has 0 saturated carbocycles. The van der Waals surface area contributed by atoms with Gasteiger partial charge in [-0.25, -0.2) is 0 Å². The fourth-order valence-corrected chi connectivity index (χ4v) is 4.76. The molecule has 2 amide bonds. The van der Waals surface area contributed by atoms with Crippen molar-refractivity contribution < 1.29 is 9.59 Å². The molecule has 5 fully saturated rings. The second-order valence-electron chi connectivity index (χ2n) is 7.09. The van der Waals surface area contributed by atoms with Crippen LogP contribution in [0.25, 0.3) is 0 Å². The fourth-order valence-electron chi connectivity index (χ4n) is 4.76. The summed E-state index contributed by atoms with van der Waals surface area (Å²) in [5, 5.41) is 0. The van der Waals surface area contributed by atoms with E-state index in [0.29, 0.717) is 24.9 Å². The topological polar surface area (TPSA) is 43.9 Å². The summed E-state index contributed by atoms with van der Waals surface area (Å²) in [6, 6.07) is 0.193. The van der Waals surface area contributed by atoms with Crippen LogP contribution in [-0.2, 0) is 9.59 Å². The van der Waals surface area contributed by atoms with Gasteiger partial charge >= 0.3 is 0 Å². The summed E-state index contributed by atoms with van der Waals surface area (Å²) in [6.45, 7) is 4.83. The average molecular weight is 291 g/mol. The second kappa shape index (κ2) is 5.27. The van der Waals surface area contributed by atoms with E-state index in [4.69, 9.17) is 0 Å². The smallest absolute Gasteiger partial charge is 0.245 e. The Bertz CT molecular complexity index is 445. The zero-order valence-electron chi connectivity index (χ0n) is 12.7. The highest BCUT2D eigenvalue weighted by Crippen LogP contribution is 2.33. The highest BCUT2D eigenvalue weighted by atomic mass is 16.2. The van der Waals surface area contributed by atoms with E-state index in [0.717, 1.165) is 32.4 Å². The Morgan fingerprint density at radius 3 is 2.38 bits per heavy atom. The Kier molecular flexibility index (Phi) is 3.40. The van der Waals surface area contributed by atoms with E-state index in [1.165, 1.54) is 25.9 Å². The molecule has 0 spiro atoms. The van der Waals surface area contributed by atoms with Crippen LogP contribution in [0.1, 0.15) is 38.5 Å². The molecule has 0 aromatic carbocycles. The van der Waals surface area contributed by atoms with Crippen LogP contribution in [0.2, 0.25) is 0 Å². The molecular formula is C16H25N3O2. The first-order valence-electron chi connectivity index (χ1n) is 8.56. The number of amides is 2. The Morgan fingerprint density at radius 1 is 0.857 bits per heavy atom. The number of rotatable bonds is 1. The largest absolute Gasteiger partial charge is 0.336 e. The van der Waals surface area contributed by atoms with Crippen molar-refractivity contribution in [2.45, 2.75) is 50.6 Å². The molecule has 5 heterocycles. The monoisotopic (exact) mass is 291 g/mol. The molecule has 5 aliphatic rings. The first kappa shape index (κ1) is 13.6. The number of carbonyl (C=O) groups is 2. The third kappa shape index (κ3) is 2.26. The normalized spacial score (nSPS) is 40.2. The van der Waals surface area contributed by atoms with Gasteiger partial charge in [-0.1, -0.05) is 0 Å². The predicted molar refractivity (Wildman–Crippen MR) is 78.6 cm³/mol. The van der Waals surface area contributed by atoms with Crippen molar-refractivity contribution in [3.63, 3.8) is 0 Å². The summed E-state index contributed by atoms with van der Waals surface area (Å²) in [4.78, 5) is 31.8. The van der Waals surface area contributed by atoms with E-state index < -0.39 is 0 Å². The van der Waals surface area contributed by atoms with Gasteiger partial charge in [0.2, 0.25) is 11.8 Å². The first-order valence-corrected chi connectivity index (χ1v) is 8.56. The third-order valence-corrected chi connectivity index (χ3v) is 5.98. The Balaban J connectivity index is 1.57. The molecule has 0 aromatic heterocycles. The van der Waals surface area contributed by atoms with Crippen LogP contribution in [0, 0.1) is 5.92 Å². The minimum Gasteiger partial charge on any atom is -0.336 e. The van der Waals surface area contributed by atoms with Crippen molar-refractivity contribution in [1.82, 2.24) is 14.7 Å². The van der Waals surface area contributed by atoms with Gasteiger partial charge in [0.1, 0.15) is 6.04 Å². The van der Waals surface area contributed by atoms with Gasteiger partial charge in [0.15, 0.2) is 0 Å². The molecule has 0 radical (unpaired) electrons. The van der Waals surface area contributed by atoms with Gasteiger partial charge in [-0.05, 0) is 51.1 Å². The summed E-state index contributed by atoms with van der Waals surface area (Å²) in [7, 11) is 0. The number of carbonyl (C=O) groups excluding carboxylic acids is 2. The lowest BCUT2D eigenvalue weighted by atomic mass is 9.82. The molecule has 0 aromatic rings. The molecular weight excluding hydrogens is 266 g/mol. The van der Waals surface area contributed by atoms with Crippen LogP contribution in [-0.4, -0.2) is 71.3 Å². The molecule has 2 atom stereocenters. The molecule has 2 bridgehead atoms. The predicted octanol–water partition coefficient (Wildman–Crippen LogP) is 0.694. The number of fused-ring (bicyclic) bond motifs is 4. The molecule has 0 aliphatic carbocycles. The van der Waals surface area contributed by atoms with Gasteiger partial charge < -0.3 is 14.7 Å². The van der Waals surface area contributed by atoms with Crippen molar-refractivity contribution in [3.05, 3.63) is 0 Å². The summed E-state index contributed by atoms with van der Waals surface area (Å²) < 4.78 is 0. The van der Waals surface area contributed by atoms with E-state index in [-0.39, 0.29) is 17.9 Å². The minimum atomic E-state index is -0.163.